The molecule has 0 aliphatic heterocycles. The molecule has 0 saturated heterocycles. The van der Waals surface area contributed by atoms with E-state index in [2.05, 4.69) is 68.6 Å². The van der Waals surface area contributed by atoms with Crippen molar-refractivity contribution in [1.29, 1.82) is 0 Å². The van der Waals surface area contributed by atoms with E-state index in [-0.39, 0.29) is 31.3 Å². The van der Waals surface area contributed by atoms with Crippen LogP contribution in [-0.2, 0) is 14.3 Å². The fourth-order valence-corrected chi connectivity index (χ4v) is 8.40. The average molecular weight is 898 g/mol. The van der Waals surface area contributed by atoms with Crippen LogP contribution in [0, 0.1) is 0 Å². The Labute approximate surface area is 397 Å². The van der Waals surface area contributed by atoms with Gasteiger partial charge in [-0.15, -0.1) is 0 Å². The van der Waals surface area contributed by atoms with Crippen molar-refractivity contribution in [2.75, 3.05) is 6.61 Å². The molecule has 3 N–H and O–H groups in total. The minimum atomic E-state index is -0.801. The Morgan fingerprint density at radius 2 is 0.797 bits per heavy atom. The van der Waals surface area contributed by atoms with E-state index < -0.39 is 18.2 Å². The van der Waals surface area contributed by atoms with E-state index in [0.29, 0.717) is 19.3 Å². The molecule has 6 nitrogen and oxygen atoms in total. The zero-order valence-electron chi connectivity index (χ0n) is 42.7. The average Bonchev–Trinajstić information content (AvgIpc) is 3.29. The summed E-state index contributed by atoms with van der Waals surface area (Å²) in [6, 6.07) is -0.717. The summed E-state index contributed by atoms with van der Waals surface area (Å²) in [7, 11) is 0. The monoisotopic (exact) mass is 898 g/mol. The molecule has 0 heterocycles. The quantitative estimate of drug-likeness (QED) is 0.0321. The number of hydrogen-bond donors (Lipinski definition) is 3. The summed E-state index contributed by atoms with van der Waals surface area (Å²) in [5.74, 6) is -0.560. The summed E-state index contributed by atoms with van der Waals surface area (Å²) in [6.07, 6.45) is 63.2. The third-order valence-electron chi connectivity index (χ3n) is 12.6. The summed E-state index contributed by atoms with van der Waals surface area (Å²) in [5, 5.41) is 23.8. The molecular weight excluding hydrogens is 791 g/mol. The number of aliphatic hydroxyl groups is 2. The van der Waals surface area contributed by atoms with Gasteiger partial charge in [0.15, 0.2) is 0 Å². The molecule has 0 aliphatic rings. The Balaban J connectivity index is 4.59. The molecule has 3 unspecified atom stereocenters. The molecule has 374 valence electrons. The lowest BCUT2D eigenvalue weighted by atomic mass is 10.0. The van der Waals surface area contributed by atoms with E-state index in [1.807, 2.05) is 6.08 Å². The number of hydrogen-bond acceptors (Lipinski definition) is 5. The van der Waals surface area contributed by atoms with Gasteiger partial charge in [0, 0.05) is 6.42 Å². The molecule has 0 aromatic carbocycles. The topological polar surface area (TPSA) is 95.9 Å². The second-order valence-corrected chi connectivity index (χ2v) is 19.0. The zero-order chi connectivity index (χ0) is 46.7. The van der Waals surface area contributed by atoms with Crippen LogP contribution in [0.1, 0.15) is 284 Å². The van der Waals surface area contributed by atoms with Crippen LogP contribution < -0.4 is 5.32 Å². The molecule has 0 aromatic rings. The van der Waals surface area contributed by atoms with Crippen LogP contribution in [0.15, 0.2) is 48.6 Å². The molecule has 0 rings (SSSR count). The van der Waals surface area contributed by atoms with Crippen molar-refractivity contribution in [3.63, 3.8) is 0 Å². The summed E-state index contributed by atoms with van der Waals surface area (Å²) >= 11 is 0. The third-order valence-corrected chi connectivity index (χ3v) is 12.6. The van der Waals surface area contributed by atoms with E-state index in [1.165, 1.54) is 161 Å². The fourth-order valence-electron chi connectivity index (χ4n) is 8.40. The lowest BCUT2D eigenvalue weighted by Gasteiger charge is -2.24. The summed E-state index contributed by atoms with van der Waals surface area (Å²) in [4.78, 5) is 26.2. The Morgan fingerprint density at radius 3 is 1.22 bits per heavy atom. The molecule has 0 fully saturated rings. The molecule has 6 heteroatoms. The largest absolute Gasteiger partial charge is 0.462 e. The smallest absolute Gasteiger partial charge is 0.306 e. The van der Waals surface area contributed by atoms with Crippen molar-refractivity contribution in [2.45, 2.75) is 302 Å². The second kappa shape index (κ2) is 51.8. The molecule has 3 atom stereocenters. The van der Waals surface area contributed by atoms with Gasteiger partial charge in [-0.25, -0.2) is 0 Å². The zero-order valence-corrected chi connectivity index (χ0v) is 42.7. The first kappa shape index (κ1) is 61.8. The number of carbonyl (C=O) groups excluding carboxylic acids is 2. The van der Waals surface area contributed by atoms with Crippen LogP contribution in [0.3, 0.4) is 0 Å². The number of esters is 1. The van der Waals surface area contributed by atoms with Gasteiger partial charge < -0.3 is 20.3 Å². The van der Waals surface area contributed by atoms with Gasteiger partial charge in [-0.2, -0.15) is 0 Å². The van der Waals surface area contributed by atoms with Crippen molar-refractivity contribution in [3.8, 4) is 0 Å². The highest BCUT2D eigenvalue weighted by Gasteiger charge is 2.24. The van der Waals surface area contributed by atoms with Crippen LogP contribution in [0.4, 0.5) is 0 Å². The minimum absolute atomic E-state index is 0.0468. The maximum Gasteiger partial charge on any atom is 0.306 e. The molecule has 0 bridgehead atoms. The Hall–Kier alpha value is -2.18. The van der Waals surface area contributed by atoms with Crippen LogP contribution in [0.5, 0.6) is 0 Å². The van der Waals surface area contributed by atoms with Crippen molar-refractivity contribution < 1.29 is 24.5 Å². The maximum absolute atomic E-state index is 13.2. The van der Waals surface area contributed by atoms with Gasteiger partial charge >= 0.3 is 5.97 Å². The van der Waals surface area contributed by atoms with Gasteiger partial charge in [0.05, 0.1) is 25.2 Å². The molecule has 64 heavy (non-hydrogen) atoms. The van der Waals surface area contributed by atoms with Crippen molar-refractivity contribution >= 4 is 11.9 Å². The predicted molar refractivity (Wildman–Crippen MR) is 278 cm³/mol. The molecular formula is C58H107NO5. The van der Waals surface area contributed by atoms with Crippen molar-refractivity contribution in [3.05, 3.63) is 48.6 Å². The summed E-state index contributed by atoms with van der Waals surface area (Å²) in [6.45, 7) is 6.46. The highest BCUT2D eigenvalue weighted by Crippen LogP contribution is 2.18. The number of nitrogens with one attached hydrogen (secondary N) is 1. The van der Waals surface area contributed by atoms with Crippen LogP contribution in [-0.4, -0.2) is 46.9 Å². The molecule has 0 spiro atoms. The van der Waals surface area contributed by atoms with Crippen molar-refractivity contribution in [2.24, 2.45) is 0 Å². The number of carbonyl (C=O) groups is 2. The second-order valence-electron chi connectivity index (χ2n) is 19.0. The molecule has 0 aliphatic carbocycles. The van der Waals surface area contributed by atoms with Gasteiger partial charge in [0.2, 0.25) is 5.91 Å². The Morgan fingerprint density at radius 1 is 0.453 bits per heavy atom. The summed E-state index contributed by atoms with van der Waals surface area (Å²) in [5.41, 5.74) is 0. The molecule has 1 amide bonds. The van der Waals surface area contributed by atoms with Crippen LogP contribution in [0.2, 0.25) is 0 Å². The number of amides is 1. The van der Waals surface area contributed by atoms with E-state index in [1.54, 1.807) is 0 Å². The number of unbranched alkanes of at least 4 members (excludes halogenated alkanes) is 30. The maximum atomic E-state index is 13.2. The standard InChI is InChI=1S/C58H107NO5/c1-4-7-10-13-16-19-22-25-27-28-30-33-35-38-41-44-47-50-56(61)55(53-60)59-57(62)52-54(49-46-43-40-37-34-32-29-26-23-20-17-14-11-8-5-2)64-58(63)51-48-45-42-39-36-31-24-21-18-15-12-9-6-3/h17,20,26,29,31,36,42,45,54-56,60-61H,4-16,18-19,21-25,27-28,30,32-35,37-41,43-44,46-53H2,1-3H3,(H,59,62)/b20-17-,29-26-,36-31-,45-42+. The Kier molecular flexibility index (Phi) is 50.0. The molecule has 0 aromatic heterocycles. The normalized spacial score (nSPS) is 13.5. The lowest BCUT2D eigenvalue weighted by molar-refractivity contribution is -0.150. The lowest BCUT2D eigenvalue weighted by Crippen LogP contribution is -2.46. The molecule has 0 radical (unpaired) electrons. The van der Waals surface area contributed by atoms with Gasteiger partial charge in [0.25, 0.3) is 0 Å². The number of allylic oxidation sites excluding steroid dienone is 8. The SMILES string of the molecule is CCCCC/C=C\C/C=C\CCCCCCCC(CC(=O)NC(CO)C(O)CCCCCCCCCCCCCCCCCCC)OC(=O)CC/C=C/C/C=C\CCCCCCCC. The van der Waals surface area contributed by atoms with Crippen LogP contribution in [0.25, 0.3) is 0 Å². The van der Waals surface area contributed by atoms with E-state index >= 15 is 0 Å². The first-order valence-corrected chi connectivity index (χ1v) is 27.9. The predicted octanol–water partition coefficient (Wildman–Crippen LogP) is 17.0. The van der Waals surface area contributed by atoms with Gasteiger partial charge in [-0.1, -0.05) is 243 Å². The first-order chi connectivity index (χ1) is 31.5. The highest BCUT2D eigenvalue weighted by atomic mass is 16.5. The fraction of sp³-hybridized carbons (Fsp3) is 0.828. The minimum Gasteiger partial charge on any atom is -0.462 e. The van der Waals surface area contributed by atoms with Crippen molar-refractivity contribution in [1.82, 2.24) is 5.32 Å². The van der Waals surface area contributed by atoms with E-state index in [4.69, 9.17) is 4.74 Å². The van der Waals surface area contributed by atoms with Gasteiger partial charge in [-0.05, 0) is 77.0 Å². The third kappa shape index (κ3) is 46.4. The summed E-state index contributed by atoms with van der Waals surface area (Å²) < 4.78 is 5.90. The Bertz CT molecular complexity index is 1100. The van der Waals surface area contributed by atoms with Gasteiger partial charge in [-0.3, -0.25) is 9.59 Å². The molecule has 0 saturated carbocycles. The van der Waals surface area contributed by atoms with Gasteiger partial charge in [0.1, 0.15) is 6.10 Å². The first-order valence-electron chi connectivity index (χ1n) is 27.9. The number of ether oxygens (including phenoxy) is 1. The highest BCUT2D eigenvalue weighted by molar-refractivity contribution is 5.77. The van der Waals surface area contributed by atoms with Crippen LogP contribution >= 0.6 is 0 Å². The number of aliphatic hydroxyl groups excluding tert-OH is 2. The number of rotatable bonds is 50. The van der Waals surface area contributed by atoms with E-state index in [9.17, 15) is 19.8 Å². The van der Waals surface area contributed by atoms with E-state index in [0.717, 1.165) is 70.6 Å².